The van der Waals surface area contributed by atoms with Crippen LogP contribution in [-0.2, 0) is 11.2 Å². The molecule has 29 heavy (non-hydrogen) atoms. The lowest BCUT2D eigenvalue weighted by Crippen LogP contribution is -2.40. The molecule has 0 unspecified atom stereocenters. The fraction of sp³-hybridized carbons (Fsp3) is 0.318. The summed E-state index contributed by atoms with van der Waals surface area (Å²) in [6.45, 7) is 6.35. The maximum Gasteiger partial charge on any atom is 0.315 e. The number of aryl methyl sites for hydroxylation is 4. The molecule has 1 aromatic heterocycles. The van der Waals surface area contributed by atoms with Crippen LogP contribution in [-0.4, -0.2) is 35.0 Å². The van der Waals surface area contributed by atoms with Crippen molar-refractivity contribution in [2.24, 2.45) is 0 Å². The Hall–Kier alpha value is -3.35. The second-order valence-corrected chi connectivity index (χ2v) is 7.24. The zero-order chi connectivity index (χ0) is 20.8. The number of benzene rings is 2. The molecule has 0 radical (unpaired) electrons. The molecule has 0 spiro atoms. The Morgan fingerprint density at radius 2 is 1.76 bits per heavy atom. The number of amides is 3. The van der Waals surface area contributed by atoms with Gasteiger partial charge in [0.05, 0.1) is 17.6 Å². The van der Waals surface area contributed by atoms with E-state index < -0.39 is 0 Å². The molecule has 0 atom stereocenters. The molecule has 3 rings (SSSR count). The number of urea groups is 1. The van der Waals surface area contributed by atoms with Gasteiger partial charge in [-0.2, -0.15) is 0 Å². The van der Waals surface area contributed by atoms with Crippen molar-refractivity contribution in [2.45, 2.75) is 33.6 Å². The largest absolute Gasteiger partial charge is 0.342 e. The van der Waals surface area contributed by atoms with Gasteiger partial charge in [-0.3, -0.25) is 4.79 Å². The fourth-order valence-electron chi connectivity index (χ4n) is 3.37. The standard InChI is InChI=1S/C22H27N5O2/c1-14-11-15(2)21(16(3)12-14)27-20(28)13-24-22(29)23-10-6-9-19-25-17-7-4-5-8-18(17)26-19/h4-5,7-8,11-12H,6,9-10,13H2,1-3H3,(H,25,26)(H,27,28)(H2,23,24,29). The van der Waals surface area contributed by atoms with Crippen LogP contribution < -0.4 is 16.0 Å². The number of carbonyl (C=O) groups excluding carboxylic acids is 2. The van der Waals surface area contributed by atoms with Crippen LogP contribution in [0.3, 0.4) is 0 Å². The topological polar surface area (TPSA) is 98.9 Å². The molecule has 0 aliphatic rings. The summed E-state index contributed by atoms with van der Waals surface area (Å²) in [6, 6.07) is 11.6. The van der Waals surface area contributed by atoms with E-state index >= 15 is 0 Å². The summed E-state index contributed by atoms with van der Waals surface area (Å²) in [6.07, 6.45) is 1.49. The third-order valence-corrected chi connectivity index (χ3v) is 4.67. The van der Waals surface area contributed by atoms with E-state index in [4.69, 9.17) is 0 Å². The first-order valence-electron chi connectivity index (χ1n) is 9.75. The van der Waals surface area contributed by atoms with Gasteiger partial charge < -0.3 is 20.9 Å². The summed E-state index contributed by atoms with van der Waals surface area (Å²) in [5.74, 6) is 0.647. The number of anilines is 1. The van der Waals surface area contributed by atoms with E-state index in [1.807, 2.05) is 57.2 Å². The highest BCUT2D eigenvalue weighted by atomic mass is 16.2. The molecule has 1 heterocycles. The molecule has 0 bridgehead atoms. The molecule has 7 nitrogen and oxygen atoms in total. The van der Waals surface area contributed by atoms with Crippen molar-refractivity contribution in [2.75, 3.05) is 18.4 Å². The van der Waals surface area contributed by atoms with Crippen LogP contribution in [0.1, 0.15) is 28.9 Å². The van der Waals surface area contributed by atoms with Gasteiger partial charge in [-0.15, -0.1) is 0 Å². The number of para-hydroxylation sites is 2. The van der Waals surface area contributed by atoms with Gasteiger partial charge in [-0.25, -0.2) is 9.78 Å². The molecule has 0 saturated heterocycles. The van der Waals surface area contributed by atoms with Gasteiger partial charge in [0, 0.05) is 18.7 Å². The molecule has 7 heteroatoms. The van der Waals surface area contributed by atoms with Gasteiger partial charge in [0.25, 0.3) is 0 Å². The van der Waals surface area contributed by atoms with Crippen molar-refractivity contribution in [1.82, 2.24) is 20.6 Å². The molecular formula is C22H27N5O2. The van der Waals surface area contributed by atoms with E-state index in [0.29, 0.717) is 6.54 Å². The predicted molar refractivity (Wildman–Crippen MR) is 115 cm³/mol. The van der Waals surface area contributed by atoms with Crippen molar-refractivity contribution in [1.29, 1.82) is 0 Å². The molecule has 3 aromatic rings. The van der Waals surface area contributed by atoms with Gasteiger partial charge in [-0.1, -0.05) is 29.8 Å². The van der Waals surface area contributed by atoms with Crippen molar-refractivity contribution in [3.63, 3.8) is 0 Å². The van der Waals surface area contributed by atoms with E-state index in [9.17, 15) is 9.59 Å². The highest BCUT2D eigenvalue weighted by Crippen LogP contribution is 2.21. The van der Waals surface area contributed by atoms with Crippen LogP contribution in [0.25, 0.3) is 11.0 Å². The normalized spacial score (nSPS) is 10.7. The lowest BCUT2D eigenvalue weighted by atomic mass is 10.1. The maximum absolute atomic E-state index is 12.1. The molecule has 0 aliphatic heterocycles. The number of imidazole rings is 1. The minimum atomic E-state index is -0.359. The van der Waals surface area contributed by atoms with Crippen molar-refractivity contribution in [3.05, 3.63) is 58.9 Å². The third kappa shape index (κ3) is 5.57. The van der Waals surface area contributed by atoms with Gasteiger partial charge in [0.2, 0.25) is 5.91 Å². The smallest absolute Gasteiger partial charge is 0.315 e. The second kappa shape index (κ2) is 9.23. The third-order valence-electron chi connectivity index (χ3n) is 4.67. The van der Waals surface area contributed by atoms with Crippen molar-refractivity contribution < 1.29 is 9.59 Å². The highest BCUT2D eigenvalue weighted by Gasteiger charge is 2.10. The molecule has 0 saturated carbocycles. The van der Waals surface area contributed by atoms with Gasteiger partial charge in [-0.05, 0) is 50.5 Å². The van der Waals surface area contributed by atoms with Crippen LogP contribution in [0.5, 0.6) is 0 Å². The second-order valence-electron chi connectivity index (χ2n) is 7.24. The van der Waals surface area contributed by atoms with Crippen molar-refractivity contribution >= 4 is 28.7 Å². The number of H-pyrrole nitrogens is 1. The van der Waals surface area contributed by atoms with E-state index in [1.54, 1.807) is 0 Å². The van der Waals surface area contributed by atoms with Crippen LogP contribution in [0.2, 0.25) is 0 Å². The van der Waals surface area contributed by atoms with Crippen LogP contribution in [0.4, 0.5) is 10.5 Å². The molecule has 0 aliphatic carbocycles. The number of hydrogen-bond acceptors (Lipinski definition) is 3. The average molecular weight is 393 g/mol. The summed E-state index contributed by atoms with van der Waals surface area (Å²) < 4.78 is 0. The summed E-state index contributed by atoms with van der Waals surface area (Å²) in [5.41, 5.74) is 5.92. The molecule has 2 aromatic carbocycles. The number of carbonyl (C=O) groups is 2. The summed E-state index contributed by atoms with van der Waals surface area (Å²) in [4.78, 5) is 31.8. The van der Waals surface area contributed by atoms with Crippen LogP contribution >= 0.6 is 0 Å². The monoisotopic (exact) mass is 393 g/mol. The fourth-order valence-corrected chi connectivity index (χ4v) is 3.37. The summed E-state index contributed by atoms with van der Waals surface area (Å²) in [5, 5.41) is 8.22. The van der Waals surface area contributed by atoms with E-state index in [1.165, 1.54) is 0 Å². The first-order chi connectivity index (χ1) is 13.9. The Morgan fingerprint density at radius 3 is 2.48 bits per heavy atom. The first kappa shape index (κ1) is 20.4. The SMILES string of the molecule is Cc1cc(C)c(NC(=O)CNC(=O)NCCCc2nc3ccccc3[nH]2)c(C)c1. The summed E-state index contributed by atoms with van der Waals surface area (Å²) in [7, 11) is 0. The number of hydrogen-bond donors (Lipinski definition) is 4. The first-order valence-corrected chi connectivity index (χ1v) is 9.75. The Kier molecular flexibility index (Phi) is 6.49. The Labute approximate surface area is 170 Å². The number of aromatic amines is 1. The zero-order valence-electron chi connectivity index (χ0n) is 17.1. The molecule has 3 amide bonds. The van der Waals surface area contributed by atoms with E-state index in [2.05, 4.69) is 25.9 Å². The predicted octanol–water partition coefficient (Wildman–Crippen LogP) is 3.36. The number of nitrogens with zero attached hydrogens (tertiary/aromatic N) is 1. The van der Waals surface area contributed by atoms with E-state index in [-0.39, 0.29) is 18.5 Å². The van der Waals surface area contributed by atoms with Gasteiger partial charge in [0.15, 0.2) is 0 Å². The van der Waals surface area contributed by atoms with E-state index in [0.717, 1.165) is 52.1 Å². The molecule has 0 fully saturated rings. The van der Waals surface area contributed by atoms with Crippen LogP contribution in [0, 0.1) is 20.8 Å². The number of nitrogens with one attached hydrogen (secondary N) is 4. The molecular weight excluding hydrogens is 366 g/mol. The quantitative estimate of drug-likeness (QED) is 0.463. The average Bonchev–Trinajstić information content (AvgIpc) is 3.09. The van der Waals surface area contributed by atoms with Crippen LogP contribution in [0.15, 0.2) is 36.4 Å². The molecule has 152 valence electrons. The maximum atomic E-state index is 12.1. The van der Waals surface area contributed by atoms with Gasteiger partial charge >= 0.3 is 6.03 Å². The minimum absolute atomic E-state index is 0.0812. The minimum Gasteiger partial charge on any atom is -0.342 e. The zero-order valence-corrected chi connectivity index (χ0v) is 17.1. The summed E-state index contributed by atoms with van der Waals surface area (Å²) >= 11 is 0. The number of fused-ring (bicyclic) bond motifs is 1. The Balaban J connectivity index is 1.37. The van der Waals surface area contributed by atoms with Crippen molar-refractivity contribution in [3.8, 4) is 0 Å². The lowest BCUT2D eigenvalue weighted by molar-refractivity contribution is -0.115. The molecule has 4 N–H and O–H groups in total. The van der Waals surface area contributed by atoms with Gasteiger partial charge in [0.1, 0.15) is 5.82 Å². The Morgan fingerprint density at radius 1 is 1.03 bits per heavy atom. The highest BCUT2D eigenvalue weighted by molar-refractivity contribution is 5.95. The lowest BCUT2D eigenvalue weighted by Gasteiger charge is -2.13. The Bertz CT molecular complexity index is 969. The number of rotatable bonds is 7. The number of aromatic nitrogens is 2.